The molecule has 2 unspecified atom stereocenters. The van der Waals surface area contributed by atoms with Crippen molar-refractivity contribution in [2.45, 2.75) is 37.6 Å². The lowest BCUT2D eigenvalue weighted by molar-refractivity contribution is -0.142. The molecule has 19 heavy (non-hydrogen) atoms. The number of halogens is 3. The predicted molar refractivity (Wildman–Crippen MR) is 64.5 cm³/mol. The minimum absolute atomic E-state index is 0.0278. The molecule has 1 fully saturated rings. The van der Waals surface area contributed by atoms with Gasteiger partial charge in [0.15, 0.2) is 0 Å². The minimum Gasteiger partial charge on any atom is -0.385 e. The van der Waals surface area contributed by atoms with Crippen LogP contribution >= 0.6 is 0 Å². The highest BCUT2D eigenvalue weighted by molar-refractivity contribution is 5.32. The zero-order valence-corrected chi connectivity index (χ0v) is 10.9. The van der Waals surface area contributed by atoms with Crippen molar-refractivity contribution < 1.29 is 18.3 Å². The fraction of sp³-hybridized carbons (Fsp3) is 0.615. The molecule has 6 heteroatoms. The topological polar surface area (TPSA) is 36.4 Å². The van der Waals surface area contributed by atoms with Crippen molar-refractivity contribution >= 4 is 0 Å². The first-order valence-electron chi connectivity index (χ1n) is 6.18. The average molecular weight is 274 g/mol. The molecule has 0 amide bonds. The molecule has 3 nitrogen and oxygen atoms in total. The van der Waals surface area contributed by atoms with Crippen LogP contribution in [0.3, 0.4) is 0 Å². The molecule has 0 bridgehead atoms. The van der Waals surface area contributed by atoms with E-state index in [0.717, 1.165) is 18.5 Å². The van der Waals surface area contributed by atoms with Crippen molar-refractivity contribution in [2.24, 2.45) is 0 Å². The predicted octanol–water partition coefficient (Wildman–Crippen LogP) is 2.40. The van der Waals surface area contributed by atoms with Gasteiger partial charge in [-0.05, 0) is 32.9 Å². The number of nitrogens with zero attached hydrogens (tertiary/aromatic N) is 2. The molecule has 1 saturated heterocycles. The zero-order chi connectivity index (χ0) is 14.3. The van der Waals surface area contributed by atoms with Crippen LogP contribution in [0.4, 0.5) is 13.2 Å². The van der Waals surface area contributed by atoms with E-state index in [2.05, 4.69) is 4.98 Å². The third-order valence-corrected chi connectivity index (χ3v) is 3.89. The van der Waals surface area contributed by atoms with Crippen molar-refractivity contribution in [3.05, 3.63) is 29.6 Å². The average Bonchev–Trinajstić information content (AvgIpc) is 2.33. The molecule has 0 aromatic carbocycles. The summed E-state index contributed by atoms with van der Waals surface area (Å²) in [7, 11) is 1.90. The van der Waals surface area contributed by atoms with E-state index in [4.69, 9.17) is 0 Å². The summed E-state index contributed by atoms with van der Waals surface area (Å²) in [6, 6.07) is 0.955. The molecule has 1 N–H and O–H groups in total. The summed E-state index contributed by atoms with van der Waals surface area (Å²) in [5, 5.41) is 10.6. The second-order valence-electron chi connectivity index (χ2n) is 5.23. The summed E-state index contributed by atoms with van der Waals surface area (Å²) >= 11 is 0. The molecular formula is C13H17F3N2O. The van der Waals surface area contributed by atoms with Crippen molar-refractivity contribution in [1.29, 1.82) is 0 Å². The van der Waals surface area contributed by atoms with Gasteiger partial charge in [-0.25, -0.2) is 0 Å². The number of hydrogen-bond donors (Lipinski definition) is 1. The van der Waals surface area contributed by atoms with Crippen LogP contribution in [0.25, 0.3) is 0 Å². The van der Waals surface area contributed by atoms with E-state index in [1.54, 1.807) is 0 Å². The molecule has 0 saturated carbocycles. The lowest BCUT2D eigenvalue weighted by Crippen LogP contribution is -2.46. The zero-order valence-electron chi connectivity index (χ0n) is 10.9. The fourth-order valence-corrected chi connectivity index (χ4v) is 2.59. The van der Waals surface area contributed by atoms with Crippen LogP contribution in [0.1, 0.15) is 30.9 Å². The highest BCUT2D eigenvalue weighted by atomic mass is 19.4. The molecule has 1 aliphatic heterocycles. The third kappa shape index (κ3) is 2.74. The monoisotopic (exact) mass is 274 g/mol. The first-order chi connectivity index (χ1) is 8.74. The maximum Gasteiger partial charge on any atom is 0.416 e. The molecule has 1 aliphatic rings. The number of likely N-dealkylation sites (tertiary alicyclic amines) is 1. The van der Waals surface area contributed by atoms with Gasteiger partial charge in [-0.15, -0.1) is 0 Å². The Balaban J connectivity index is 2.42. The van der Waals surface area contributed by atoms with Gasteiger partial charge in [0, 0.05) is 30.5 Å². The van der Waals surface area contributed by atoms with Gasteiger partial charge in [-0.2, -0.15) is 13.2 Å². The Morgan fingerprint density at radius 2 is 2.16 bits per heavy atom. The van der Waals surface area contributed by atoms with Crippen molar-refractivity contribution in [2.75, 3.05) is 13.6 Å². The second-order valence-corrected chi connectivity index (χ2v) is 5.23. The van der Waals surface area contributed by atoms with Crippen LogP contribution in [0.2, 0.25) is 0 Å². The van der Waals surface area contributed by atoms with E-state index in [1.807, 2.05) is 18.9 Å². The summed E-state index contributed by atoms with van der Waals surface area (Å²) in [6.45, 7) is 2.46. The SMILES string of the molecule is CC1CC(O)(c2cnccc2C(F)(F)F)CCN1C. The summed E-state index contributed by atoms with van der Waals surface area (Å²) < 4.78 is 39.0. The largest absolute Gasteiger partial charge is 0.416 e. The summed E-state index contributed by atoms with van der Waals surface area (Å²) in [5.41, 5.74) is -2.35. The Hall–Kier alpha value is -1.14. The van der Waals surface area contributed by atoms with Gasteiger partial charge in [-0.3, -0.25) is 4.98 Å². The molecule has 1 aromatic rings. The molecule has 2 heterocycles. The highest BCUT2D eigenvalue weighted by Gasteiger charge is 2.43. The number of alkyl halides is 3. The van der Waals surface area contributed by atoms with Crippen LogP contribution in [0, 0.1) is 0 Å². The number of rotatable bonds is 1. The second kappa shape index (κ2) is 4.76. The number of aromatic nitrogens is 1. The van der Waals surface area contributed by atoms with Gasteiger partial charge in [0.05, 0.1) is 11.2 Å². The summed E-state index contributed by atoms with van der Waals surface area (Å²) in [4.78, 5) is 5.78. The van der Waals surface area contributed by atoms with Crippen molar-refractivity contribution in [3.63, 3.8) is 0 Å². The highest BCUT2D eigenvalue weighted by Crippen LogP contribution is 2.41. The summed E-state index contributed by atoms with van der Waals surface area (Å²) in [6.07, 6.45) is -1.67. The first-order valence-corrected chi connectivity index (χ1v) is 6.18. The van der Waals surface area contributed by atoms with Gasteiger partial charge in [-0.1, -0.05) is 0 Å². The fourth-order valence-electron chi connectivity index (χ4n) is 2.59. The Labute approximate surface area is 110 Å². The van der Waals surface area contributed by atoms with Crippen molar-refractivity contribution in [3.8, 4) is 0 Å². The van der Waals surface area contributed by atoms with Gasteiger partial charge in [0.1, 0.15) is 0 Å². The number of hydrogen-bond acceptors (Lipinski definition) is 3. The molecule has 0 aliphatic carbocycles. The number of aliphatic hydroxyl groups is 1. The third-order valence-electron chi connectivity index (χ3n) is 3.89. The quantitative estimate of drug-likeness (QED) is 0.854. The molecule has 0 spiro atoms. The molecule has 2 atom stereocenters. The number of pyridine rings is 1. The van der Waals surface area contributed by atoms with E-state index < -0.39 is 17.3 Å². The van der Waals surface area contributed by atoms with Crippen LogP contribution in [0.15, 0.2) is 18.5 Å². The molecule has 1 aromatic heterocycles. The smallest absolute Gasteiger partial charge is 0.385 e. The Bertz CT molecular complexity index is 463. The van der Waals surface area contributed by atoms with Crippen LogP contribution < -0.4 is 0 Å². The standard InChI is InChI=1S/C13H17F3N2O/c1-9-7-12(19,4-6-18(9)2)11-8-17-5-3-10(11)13(14,15)16/h3,5,8-9,19H,4,6-7H2,1-2H3. The molecule has 106 valence electrons. The van der Waals surface area contributed by atoms with Crippen LogP contribution in [-0.2, 0) is 11.8 Å². The van der Waals surface area contributed by atoms with Gasteiger partial charge >= 0.3 is 6.18 Å². The number of piperidine rings is 1. The molecular weight excluding hydrogens is 257 g/mol. The van der Waals surface area contributed by atoms with E-state index in [1.165, 1.54) is 0 Å². The maximum absolute atomic E-state index is 13.0. The van der Waals surface area contributed by atoms with Gasteiger partial charge < -0.3 is 10.0 Å². The van der Waals surface area contributed by atoms with Crippen molar-refractivity contribution in [1.82, 2.24) is 9.88 Å². The minimum atomic E-state index is -4.47. The maximum atomic E-state index is 13.0. The van der Waals surface area contributed by atoms with E-state index in [-0.39, 0.29) is 24.4 Å². The Kier molecular flexibility index (Phi) is 3.57. The lowest BCUT2D eigenvalue weighted by atomic mass is 9.80. The van der Waals surface area contributed by atoms with Gasteiger partial charge in [0.2, 0.25) is 0 Å². The van der Waals surface area contributed by atoms with E-state index in [9.17, 15) is 18.3 Å². The summed E-state index contributed by atoms with van der Waals surface area (Å²) in [5.74, 6) is 0. The Morgan fingerprint density at radius 3 is 2.74 bits per heavy atom. The van der Waals surface area contributed by atoms with Gasteiger partial charge in [0.25, 0.3) is 0 Å². The molecule has 0 radical (unpaired) electrons. The molecule has 2 rings (SSSR count). The van der Waals surface area contributed by atoms with E-state index in [0.29, 0.717) is 6.54 Å². The lowest BCUT2D eigenvalue weighted by Gasteiger charge is -2.41. The van der Waals surface area contributed by atoms with Crippen LogP contribution in [0.5, 0.6) is 0 Å². The van der Waals surface area contributed by atoms with Crippen LogP contribution in [-0.4, -0.2) is 34.6 Å². The Morgan fingerprint density at radius 1 is 1.47 bits per heavy atom. The normalized spacial score (nSPS) is 29.5. The first kappa shape index (κ1) is 14.3. The van der Waals surface area contributed by atoms with E-state index >= 15 is 0 Å².